The fourth-order valence-electron chi connectivity index (χ4n) is 3.04. The summed E-state index contributed by atoms with van der Waals surface area (Å²) in [5.41, 5.74) is 8.03. The van der Waals surface area contributed by atoms with E-state index in [0.29, 0.717) is 18.5 Å². The van der Waals surface area contributed by atoms with E-state index >= 15 is 0 Å². The van der Waals surface area contributed by atoms with Gasteiger partial charge in [0.05, 0.1) is 6.54 Å². The molecule has 1 saturated heterocycles. The van der Waals surface area contributed by atoms with Gasteiger partial charge in [0.15, 0.2) is 5.96 Å². The average molecular weight is 434 g/mol. The van der Waals surface area contributed by atoms with Crippen molar-refractivity contribution in [3.8, 4) is 0 Å². The molecule has 0 aromatic heterocycles. The van der Waals surface area contributed by atoms with Crippen LogP contribution in [0.2, 0.25) is 0 Å². The maximum absolute atomic E-state index is 13.0. The number of hydrogen-bond acceptors (Lipinski definition) is 2. The van der Waals surface area contributed by atoms with Crippen LogP contribution in [0.3, 0.4) is 0 Å². The third kappa shape index (κ3) is 6.25. The number of aryl methyl sites for hydroxylation is 1. The second-order valence-electron chi connectivity index (χ2n) is 5.90. The second kappa shape index (κ2) is 10.1. The molecule has 130 valence electrons. The zero-order chi connectivity index (χ0) is 15.9. The molecule has 0 spiro atoms. The lowest BCUT2D eigenvalue weighted by Gasteiger charge is -2.21. The predicted octanol–water partition coefficient (Wildman–Crippen LogP) is 2.68. The standard InChI is InChI=1S/C17H27FN4.HI/c1-3-22-10-4-5-16(22)12-21-17(19)20-9-8-14-6-7-15(18)11-13(14)2;/h6-7,11,16H,3-5,8-10,12H2,1-2H3,(H3,19,20,21);1H. The van der Waals surface area contributed by atoms with Gasteiger partial charge in [-0.05, 0) is 62.5 Å². The molecule has 0 aliphatic carbocycles. The van der Waals surface area contributed by atoms with Crippen LogP contribution in [0, 0.1) is 12.7 Å². The Balaban J connectivity index is 0.00000264. The Kier molecular flexibility index (Phi) is 8.83. The van der Waals surface area contributed by atoms with Crippen molar-refractivity contribution in [3.05, 3.63) is 35.1 Å². The molecule has 0 radical (unpaired) electrons. The van der Waals surface area contributed by atoms with Crippen molar-refractivity contribution in [3.63, 3.8) is 0 Å². The Bertz CT molecular complexity index is 521. The van der Waals surface area contributed by atoms with Crippen LogP contribution in [-0.2, 0) is 6.42 Å². The molecule has 1 aromatic carbocycles. The third-order valence-electron chi connectivity index (χ3n) is 4.38. The molecule has 3 N–H and O–H groups in total. The molecule has 1 atom stereocenters. The van der Waals surface area contributed by atoms with Crippen molar-refractivity contribution >= 4 is 29.9 Å². The van der Waals surface area contributed by atoms with Gasteiger partial charge < -0.3 is 11.1 Å². The molecule has 1 aliphatic rings. The Morgan fingerprint density at radius 1 is 1.48 bits per heavy atom. The zero-order valence-electron chi connectivity index (χ0n) is 14.0. The van der Waals surface area contributed by atoms with Crippen LogP contribution in [-0.4, -0.2) is 43.1 Å². The smallest absolute Gasteiger partial charge is 0.188 e. The highest BCUT2D eigenvalue weighted by molar-refractivity contribution is 14.0. The Hall–Kier alpha value is -0.890. The highest BCUT2D eigenvalue weighted by Gasteiger charge is 2.22. The summed E-state index contributed by atoms with van der Waals surface area (Å²) < 4.78 is 13.0. The number of likely N-dealkylation sites (tertiary alicyclic amines) is 1. The van der Waals surface area contributed by atoms with Crippen molar-refractivity contribution in [1.29, 1.82) is 0 Å². The van der Waals surface area contributed by atoms with Gasteiger partial charge in [0, 0.05) is 12.6 Å². The number of nitrogens with zero attached hydrogens (tertiary/aromatic N) is 2. The number of hydrogen-bond donors (Lipinski definition) is 2. The van der Waals surface area contributed by atoms with E-state index in [1.807, 2.05) is 13.0 Å². The maximum atomic E-state index is 13.0. The second-order valence-corrected chi connectivity index (χ2v) is 5.90. The summed E-state index contributed by atoms with van der Waals surface area (Å²) in [7, 11) is 0. The lowest BCUT2D eigenvalue weighted by atomic mass is 10.1. The lowest BCUT2D eigenvalue weighted by Crippen LogP contribution is -2.36. The van der Waals surface area contributed by atoms with Crippen molar-refractivity contribution in [2.75, 3.05) is 26.2 Å². The van der Waals surface area contributed by atoms with Gasteiger partial charge in [0.1, 0.15) is 5.82 Å². The van der Waals surface area contributed by atoms with Crippen molar-refractivity contribution < 1.29 is 4.39 Å². The SMILES string of the molecule is CCN1CCCC1CN=C(N)NCCc1ccc(F)cc1C.I. The molecule has 1 aromatic rings. The molecule has 0 saturated carbocycles. The summed E-state index contributed by atoms with van der Waals surface area (Å²) in [5.74, 6) is 0.315. The topological polar surface area (TPSA) is 53.6 Å². The average Bonchev–Trinajstić information content (AvgIpc) is 2.95. The van der Waals surface area contributed by atoms with E-state index in [0.717, 1.165) is 30.6 Å². The molecule has 1 unspecified atom stereocenters. The van der Waals surface area contributed by atoms with Crippen LogP contribution in [0.5, 0.6) is 0 Å². The summed E-state index contributed by atoms with van der Waals surface area (Å²) in [6.45, 7) is 7.85. The van der Waals surface area contributed by atoms with Crippen molar-refractivity contribution in [2.24, 2.45) is 10.7 Å². The fourth-order valence-corrected chi connectivity index (χ4v) is 3.04. The number of nitrogens with one attached hydrogen (secondary N) is 1. The Morgan fingerprint density at radius 3 is 2.96 bits per heavy atom. The number of benzene rings is 1. The van der Waals surface area contributed by atoms with Gasteiger partial charge in [0.2, 0.25) is 0 Å². The quantitative estimate of drug-likeness (QED) is 0.411. The van der Waals surface area contributed by atoms with Gasteiger partial charge in [-0.3, -0.25) is 9.89 Å². The van der Waals surface area contributed by atoms with Gasteiger partial charge >= 0.3 is 0 Å². The minimum Gasteiger partial charge on any atom is -0.370 e. The largest absolute Gasteiger partial charge is 0.370 e. The minimum atomic E-state index is -0.188. The molecule has 2 rings (SSSR count). The zero-order valence-corrected chi connectivity index (χ0v) is 16.3. The summed E-state index contributed by atoms with van der Waals surface area (Å²) in [5, 5.41) is 3.15. The van der Waals surface area contributed by atoms with E-state index in [1.54, 1.807) is 6.07 Å². The predicted molar refractivity (Wildman–Crippen MR) is 105 cm³/mol. The van der Waals surface area contributed by atoms with Crippen LogP contribution in [0.15, 0.2) is 23.2 Å². The highest BCUT2D eigenvalue weighted by Crippen LogP contribution is 2.16. The van der Waals surface area contributed by atoms with Crippen LogP contribution in [0.1, 0.15) is 30.9 Å². The Morgan fingerprint density at radius 2 is 2.26 bits per heavy atom. The van der Waals surface area contributed by atoms with E-state index in [2.05, 4.69) is 22.1 Å². The summed E-state index contributed by atoms with van der Waals surface area (Å²) in [6.07, 6.45) is 3.28. The highest BCUT2D eigenvalue weighted by atomic mass is 127. The third-order valence-corrected chi connectivity index (χ3v) is 4.38. The number of halogens is 2. The van der Waals surface area contributed by atoms with E-state index < -0.39 is 0 Å². The van der Waals surface area contributed by atoms with Crippen LogP contribution < -0.4 is 11.1 Å². The van der Waals surface area contributed by atoms with E-state index in [9.17, 15) is 4.39 Å². The molecular weight excluding hydrogens is 406 g/mol. The summed E-state index contributed by atoms with van der Waals surface area (Å²) in [4.78, 5) is 6.91. The van der Waals surface area contributed by atoms with Crippen LogP contribution in [0.4, 0.5) is 4.39 Å². The molecule has 0 amide bonds. The van der Waals surface area contributed by atoms with E-state index in [-0.39, 0.29) is 29.8 Å². The minimum absolute atomic E-state index is 0. The molecule has 1 aliphatic heterocycles. The number of rotatable bonds is 6. The first-order chi connectivity index (χ1) is 10.6. The first kappa shape index (κ1) is 20.2. The fraction of sp³-hybridized carbons (Fsp3) is 0.588. The van der Waals surface area contributed by atoms with Gasteiger partial charge in [-0.15, -0.1) is 24.0 Å². The molecule has 4 nitrogen and oxygen atoms in total. The van der Waals surface area contributed by atoms with Crippen LogP contribution >= 0.6 is 24.0 Å². The number of aliphatic imine (C=N–C) groups is 1. The summed E-state index contributed by atoms with van der Waals surface area (Å²) >= 11 is 0. The number of likely N-dealkylation sites (N-methyl/N-ethyl adjacent to an activating group) is 1. The monoisotopic (exact) mass is 434 g/mol. The maximum Gasteiger partial charge on any atom is 0.188 e. The lowest BCUT2D eigenvalue weighted by molar-refractivity contribution is 0.273. The molecule has 23 heavy (non-hydrogen) atoms. The molecular formula is C17H28FIN4. The molecule has 1 heterocycles. The number of nitrogens with two attached hydrogens (primary N) is 1. The normalized spacial score (nSPS) is 18.7. The molecule has 0 bridgehead atoms. The van der Waals surface area contributed by atoms with E-state index in [4.69, 9.17) is 5.73 Å². The summed E-state index contributed by atoms with van der Waals surface area (Å²) in [6, 6.07) is 5.42. The van der Waals surface area contributed by atoms with Gasteiger partial charge in [0.25, 0.3) is 0 Å². The first-order valence-corrected chi connectivity index (χ1v) is 8.13. The van der Waals surface area contributed by atoms with Crippen molar-refractivity contribution in [1.82, 2.24) is 10.2 Å². The molecule has 6 heteroatoms. The van der Waals surface area contributed by atoms with Gasteiger partial charge in [-0.1, -0.05) is 13.0 Å². The van der Waals surface area contributed by atoms with Gasteiger partial charge in [-0.2, -0.15) is 0 Å². The van der Waals surface area contributed by atoms with Gasteiger partial charge in [-0.25, -0.2) is 4.39 Å². The first-order valence-electron chi connectivity index (χ1n) is 8.13. The van der Waals surface area contributed by atoms with Crippen LogP contribution in [0.25, 0.3) is 0 Å². The number of guanidine groups is 1. The Labute approximate surface area is 155 Å². The van der Waals surface area contributed by atoms with E-state index in [1.165, 1.54) is 25.5 Å². The van der Waals surface area contributed by atoms with Crippen molar-refractivity contribution in [2.45, 2.75) is 39.2 Å². The molecule has 1 fully saturated rings.